The topological polar surface area (TPSA) is 24.9 Å². The van der Waals surface area contributed by atoms with Crippen LogP contribution in [0, 0.1) is 0 Å². The van der Waals surface area contributed by atoms with Gasteiger partial charge in [-0.25, -0.2) is 4.98 Å². The Hall–Kier alpha value is -0.770. The minimum absolute atomic E-state index is 0.482. The quantitative estimate of drug-likeness (QED) is 0.820. The van der Waals surface area contributed by atoms with E-state index in [1.54, 1.807) is 12.3 Å². The molecule has 1 aromatic carbocycles. The molecule has 1 N–H and O–H groups in total. The largest absolute Gasteiger partial charge is 0.380 e. The highest BCUT2D eigenvalue weighted by atomic mass is 79.9. The molecule has 0 unspecified atom stereocenters. The fourth-order valence-corrected chi connectivity index (χ4v) is 2.06. The summed E-state index contributed by atoms with van der Waals surface area (Å²) in [4.78, 5) is 3.99. The third-order valence-electron chi connectivity index (χ3n) is 2.22. The first kappa shape index (κ1) is 12.7. The summed E-state index contributed by atoms with van der Waals surface area (Å²) in [5, 5.41) is 4.45. The van der Waals surface area contributed by atoms with Gasteiger partial charge < -0.3 is 5.32 Å². The maximum atomic E-state index is 6.09. The molecule has 0 amide bonds. The molecule has 0 atom stereocenters. The number of pyridine rings is 1. The zero-order chi connectivity index (χ0) is 12.3. The molecule has 0 saturated carbocycles. The number of anilines is 1. The molecule has 0 bridgehead atoms. The zero-order valence-electron chi connectivity index (χ0n) is 8.75. The minimum atomic E-state index is 0.482. The van der Waals surface area contributed by atoms with Crippen molar-refractivity contribution in [1.29, 1.82) is 0 Å². The fraction of sp³-hybridized carbons (Fsp3) is 0.0833. The molecule has 0 spiro atoms. The molecule has 2 nitrogen and oxygen atoms in total. The number of hydrogen-bond donors (Lipinski definition) is 1. The van der Waals surface area contributed by atoms with Crippen LogP contribution in [0.4, 0.5) is 5.69 Å². The maximum Gasteiger partial charge on any atom is 0.129 e. The molecule has 2 aromatic rings. The van der Waals surface area contributed by atoms with Crippen molar-refractivity contribution in [2.45, 2.75) is 6.54 Å². The predicted molar refractivity (Wildman–Crippen MR) is 75.7 cm³/mol. The number of benzene rings is 1. The second-order valence-electron chi connectivity index (χ2n) is 3.46. The van der Waals surface area contributed by atoms with E-state index >= 15 is 0 Å². The van der Waals surface area contributed by atoms with Crippen LogP contribution in [-0.4, -0.2) is 4.98 Å². The van der Waals surface area contributed by atoms with Crippen LogP contribution in [0.25, 0.3) is 0 Å². The van der Waals surface area contributed by atoms with Gasteiger partial charge in [-0.05, 0) is 35.9 Å². The molecule has 0 fully saturated rings. The van der Waals surface area contributed by atoms with Crippen molar-refractivity contribution in [2.24, 2.45) is 0 Å². The molecule has 88 valence electrons. The van der Waals surface area contributed by atoms with Crippen LogP contribution in [0.5, 0.6) is 0 Å². The van der Waals surface area contributed by atoms with Gasteiger partial charge in [0.2, 0.25) is 0 Å². The molecular weight excluding hydrogens is 323 g/mol. The molecule has 1 aromatic heterocycles. The van der Waals surface area contributed by atoms with Gasteiger partial charge in [-0.2, -0.15) is 0 Å². The Labute approximate surface area is 118 Å². The van der Waals surface area contributed by atoms with Crippen molar-refractivity contribution >= 4 is 44.8 Å². The van der Waals surface area contributed by atoms with Crippen molar-refractivity contribution in [1.82, 2.24) is 4.98 Å². The molecule has 0 aliphatic rings. The molecule has 5 heteroatoms. The number of hydrogen-bond acceptors (Lipinski definition) is 2. The van der Waals surface area contributed by atoms with Gasteiger partial charge in [0.15, 0.2) is 0 Å². The number of aromatic nitrogens is 1. The van der Waals surface area contributed by atoms with Crippen LogP contribution in [0.15, 0.2) is 41.0 Å². The van der Waals surface area contributed by atoms with Gasteiger partial charge in [-0.1, -0.05) is 39.1 Å². The van der Waals surface area contributed by atoms with Crippen molar-refractivity contribution in [3.63, 3.8) is 0 Å². The number of halogens is 3. The monoisotopic (exact) mass is 330 g/mol. The van der Waals surface area contributed by atoms with E-state index in [1.165, 1.54) is 0 Å². The lowest BCUT2D eigenvalue weighted by atomic mass is 10.2. The molecule has 1 heterocycles. The molecule has 0 saturated heterocycles. The Kier molecular flexibility index (Phi) is 4.26. The highest BCUT2D eigenvalue weighted by Crippen LogP contribution is 2.22. The van der Waals surface area contributed by atoms with E-state index in [4.69, 9.17) is 23.2 Å². The molecule has 0 aliphatic carbocycles. The van der Waals surface area contributed by atoms with Gasteiger partial charge in [0, 0.05) is 16.0 Å². The third kappa shape index (κ3) is 3.60. The third-order valence-corrected chi connectivity index (χ3v) is 3.30. The summed E-state index contributed by atoms with van der Waals surface area (Å²) in [5.74, 6) is 0. The SMILES string of the molecule is Clc1ccc(NCc2cc(Br)ccc2Cl)cn1. The Morgan fingerprint density at radius 2 is 2.00 bits per heavy atom. The van der Waals surface area contributed by atoms with Crippen LogP contribution in [0.3, 0.4) is 0 Å². The van der Waals surface area contributed by atoms with Crippen molar-refractivity contribution in [2.75, 3.05) is 5.32 Å². The Balaban J connectivity index is 2.07. The number of rotatable bonds is 3. The first-order valence-corrected chi connectivity index (χ1v) is 6.49. The van der Waals surface area contributed by atoms with Gasteiger partial charge >= 0.3 is 0 Å². The van der Waals surface area contributed by atoms with Gasteiger partial charge in [0.05, 0.1) is 11.9 Å². The summed E-state index contributed by atoms with van der Waals surface area (Å²) in [7, 11) is 0. The lowest BCUT2D eigenvalue weighted by Crippen LogP contribution is -2.00. The summed E-state index contributed by atoms with van der Waals surface area (Å²) in [6.45, 7) is 0.640. The summed E-state index contributed by atoms with van der Waals surface area (Å²) < 4.78 is 1.01. The highest BCUT2D eigenvalue weighted by molar-refractivity contribution is 9.10. The number of nitrogens with one attached hydrogen (secondary N) is 1. The molecule has 17 heavy (non-hydrogen) atoms. The zero-order valence-corrected chi connectivity index (χ0v) is 11.9. The summed E-state index contributed by atoms with van der Waals surface area (Å²) >= 11 is 15.2. The Morgan fingerprint density at radius 3 is 2.71 bits per heavy atom. The molecule has 0 radical (unpaired) electrons. The van der Waals surface area contributed by atoms with E-state index in [1.807, 2.05) is 24.3 Å². The van der Waals surface area contributed by atoms with Gasteiger partial charge in [0.25, 0.3) is 0 Å². The number of nitrogens with zero attached hydrogens (tertiary/aromatic N) is 1. The summed E-state index contributed by atoms with van der Waals surface area (Å²) in [5.41, 5.74) is 1.93. The van der Waals surface area contributed by atoms with Crippen LogP contribution in [0.2, 0.25) is 10.2 Å². The van der Waals surface area contributed by atoms with Crippen LogP contribution in [-0.2, 0) is 6.54 Å². The van der Waals surface area contributed by atoms with Crippen molar-refractivity contribution in [3.05, 3.63) is 56.7 Å². The van der Waals surface area contributed by atoms with Crippen LogP contribution < -0.4 is 5.32 Å². The fourth-order valence-electron chi connectivity index (χ4n) is 1.36. The van der Waals surface area contributed by atoms with Crippen molar-refractivity contribution < 1.29 is 0 Å². The molecular formula is C12H9BrCl2N2. The standard InChI is InChI=1S/C12H9BrCl2N2/c13-9-1-3-11(14)8(5-9)6-16-10-2-4-12(15)17-7-10/h1-5,7,16H,6H2. The molecule has 2 rings (SSSR count). The Morgan fingerprint density at radius 1 is 1.18 bits per heavy atom. The van der Waals surface area contributed by atoms with E-state index in [-0.39, 0.29) is 0 Å². The normalized spacial score (nSPS) is 10.3. The average Bonchev–Trinajstić information content (AvgIpc) is 2.32. The van der Waals surface area contributed by atoms with E-state index in [0.717, 1.165) is 20.7 Å². The second-order valence-corrected chi connectivity index (χ2v) is 5.17. The lowest BCUT2D eigenvalue weighted by molar-refractivity contribution is 1.13. The van der Waals surface area contributed by atoms with Crippen LogP contribution >= 0.6 is 39.1 Å². The van der Waals surface area contributed by atoms with E-state index < -0.39 is 0 Å². The second kappa shape index (κ2) is 5.71. The van der Waals surface area contributed by atoms with E-state index in [0.29, 0.717) is 11.7 Å². The van der Waals surface area contributed by atoms with E-state index in [9.17, 15) is 0 Å². The van der Waals surface area contributed by atoms with Crippen molar-refractivity contribution in [3.8, 4) is 0 Å². The van der Waals surface area contributed by atoms with Crippen LogP contribution in [0.1, 0.15) is 5.56 Å². The first-order valence-electron chi connectivity index (χ1n) is 4.94. The average molecular weight is 332 g/mol. The first-order chi connectivity index (χ1) is 8.15. The summed E-state index contributed by atoms with van der Waals surface area (Å²) in [6.07, 6.45) is 1.69. The van der Waals surface area contributed by atoms with Gasteiger partial charge in [-0.3, -0.25) is 0 Å². The highest BCUT2D eigenvalue weighted by Gasteiger charge is 2.01. The smallest absolute Gasteiger partial charge is 0.129 e. The summed E-state index contributed by atoms with van der Waals surface area (Å²) in [6, 6.07) is 9.38. The lowest BCUT2D eigenvalue weighted by Gasteiger charge is -2.08. The molecule has 0 aliphatic heterocycles. The Bertz CT molecular complexity index is 514. The predicted octanol–water partition coefficient (Wildman–Crippen LogP) is 4.76. The maximum absolute atomic E-state index is 6.09. The van der Waals surface area contributed by atoms with Gasteiger partial charge in [-0.15, -0.1) is 0 Å². The van der Waals surface area contributed by atoms with E-state index in [2.05, 4.69) is 26.2 Å². The van der Waals surface area contributed by atoms with Gasteiger partial charge in [0.1, 0.15) is 5.15 Å². The minimum Gasteiger partial charge on any atom is -0.380 e.